The average molecular weight is 445 g/mol. The summed E-state index contributed by atoms with van der Waals surface area (Å²) in [6, 6.07) is 7.70. The minimum Gasteiger partial charge on any atom is -0.311 e. The Labute approximate surface area is 177 Å². The Bertz CT molecular complexity index is 817. The van der Waals surface area contributed by atoms with Crippen molar-refractivity contribution < 1.29 is 26.3 Å². The minimum absolute atomic E-state index is 0.0879. The molecule has 0 saturated heterocycles. The number of hydrogen-bond donors (Lipinski definition) is 0. The molecular weight excluding hydrogens is 420 g/mol. The molecule has 4 rings (SSSR count). The molecule has 0 N–H and O–H groups in total. The third-order valence-corrected chi connectivity index (χ3v) is 6.50. The molecule has 3 aliphatic rings. The van der Waals surface area contributed by atoms with Crippen LogP contribution in [-0.4, -0.2) is 40.6 Å². The van der Waals surface area contributed by atoms with Crippen molar-refractivity contribution in [1.82, 2.24) is 4.90 Å². The van der Waals surface area contributed by atoms with E-state index in [0.717, 1.165) is 32.1 Å². The summed E-state index contributed by atoms with van der Waals surface area (Å²) in [5.74, 6) is -0.791. The molecule has 31 heavy (non-hydrogen) atoms. The van der Waals surface area contributed by atoms with Gasteiger partial charge >= 0.3 is 18.0 Å². The van der Waals surface area contributed by atoms with E-state index in [-0.39, 0.29) is 23.3 Å². The Hall–Kier alpha value is -2.06. The summed E-state index contributed by atoms with van der Waals surface area (Å²) in [6.07, 6.45) is -4.71. The predicted octanol–water partition coefficient (Wildman–Crippen LogP) is 6.49. The second-order valence-corrected chi connectivity index (χ2v) is 8.58. The van der Waals surface area contributed by atoms with Gasteiger partial charge in [-0.25, -0.2) is 9.98 Å². The predicted molar refractivity (Wildman–Crippen MR) is 106 cm³/mol. The number of halogens is 6. The zero-order valence-electron chi connectivity index (χ0n) is 17.0. The molecule has 0 radical (unpaired) electrons. The lowest BCUT2D eigenvalue weighted by atomic mass is 9.86. The molecule has 1 aliphatic heterocycles. The van der Waals surface area contributed by atoms with E-state index >= 15 is 0 Å². The van der Waals surface area contributed by atoms with E-state index in [1.54, 1.807) is 23.1 Å². The molecule has 0 amide bonds. The van der Waals surface area contributed by atoms with E-state index in [9.17, 15) is 26.3 Å². The second kappa shape index (κ2) is 8.13. The molecule has 1 aromatic rings. The molecule has 0 atom stereocenters. The Balaban J connectivity index is 1.95. The van der Waals surface area contributed by atoms with Crippen molar-refractivity contribution in [2.45, 2.75) is 81.8 Å². The highest BCUT2D eigenvalue weighted by Crippen LogP contribution is 2.50. The Morgan fingerprint density at radius 3 is 1.84 bits per heavy atom. The van der Waals surface area contributed by atoms with Crippen LogP contribution >= 0.6 is 0 Å². The van der Waals surface area contributed by atoms with Crippen molar-refractivity contribution in [2.24, 2.45) is 15.9 Å². The highest BCUT2D eigenvalue weighted by atomic mass is 19.4. The first-order chi connectivity index (χ1) is 14.6. The van der Waals surface area contributed by atoms with Gasteiger partial charge in [-0.3, -0.25) is 0 Å². The molecule has 0 spiro atoms. The van der Waals surface area contributed by atoms with Crippen molar-refractivity contribution in [3.8, 4) is 0 Å². The van der Waals surface area contributed by atoms with Gasteiger partial charge in [-0.1, -0.05) is 62.4 Å². The molecule has 2 aliphatic carbocycles. The molecule has 1 aromatic carbocycles. The summed E-state index contributed by atoms with van der Waals surface area (Å²) in [5, 5.41) is 0. The lowest BCUT2D eigenvalue weighted by molar-refractivity contribution is -0.293. The van der Waals surface area contributed by atoms with Gasteiger partial charge in [0.05, 0.1) is 0 Å². The molecule has 2 saturated carbocycles. The van der Waals surface area contributed by atoms with Crippen LogP contribution in [0, 0.1) is 5.92 Å². The van der Waals surface area contributed by atoms with Crippen LogP contribution in [0.4, 0.5) is 26.3 Å². The first-order valence-electron chi connectivity index (χ1n) is 10.8. The maximum atomic E-state index is 14.1. The molecule has 0 aromatic heterocycles. The summed E-state index contributed by atoms with van der Waals surface area (Å²) in [7, 11) is 0. The highest BCUT2D eigenvalue weighted by molar-refractivity contribution is 6.11. The Morgan fingerprint density at radius 2 is 1.29 bits per heavy atom. The monoisotopic (exact) mass is 445 g/mol. The van der Waals surface area contributed by atoms with Crippen LogP contribution in [0.3, 0.4) is 0 Å². The fraction of sp³-hybridized carbons (Fsp3) is 0.636. The number of aliphatic imine (C=N–C) groups is 2. The molecule has 0 unspecified atom stereocenters. The van der Waals surface area contributed by atoms with Gasteiger partial charge < -0.3 is 4.90 Å². The van der Waals surface area contributed by atoms with Crippen molar-refractivity contribution in [3.05, 3.63) is 35.9 Å². The van der Waals surface area contributed by atoms with Crippen molar-refractivity contribution in [2.75, 3.05) is 0 Å². The number of hydrogen-bond acceptors (Lipinski definition) is 3. The van der Waals surface area contributed by atoms with Gasteiger partial charge in [-0.05, 0) is 25.7 Å². The van der Waals surface area contributed by atoms with Gasteiger partial charge in [0, 0.05) is 17.5 Å². The van der Waals surface area contributed by atoms with Crippen molar-refractivity contribution in [1.29, 1.82) is 0 Å². The lowest BCUT2D eigenvalue weighted by Crippen LogP contribution is -2.61. The third kappa shape index (κ3) is 3.96. The van der Waals surface area contributed by atoms with Gasteiger partial charge in [0.1, 0.15) is 11.7 Å². The topological polar surface area (TPSA) is 28.0 Å². The summed E-state index contributed by atoms with van der Waals surface area (Å²) >= 11 is 0. The van der Waals surface area contributed by atoms with Crippen molar-refractivity contribution >= 4 is 11.7 Å². The zero-order valence-corrected chi connectivity index (χ0v) is 17.0. The minimum atomic E-state index is -5.70. The largest absolute Gasteiger partial charge is 0.443 e. The third-order valence-electron chi connectivity index (χ3n) is 6.50. The van der Waals surface area contributed by atoms with Crippen LogP contribution in [0.25, 0.3) is 0 Å². The molecule has 3 nitrogen and oxygen atoms in total. The van der Waals surface area contributed by atoms with Crippen molar-refractivity contribution in [3.63, 3.8) is 0 Å². The van der Waals surface area contributed by atoms with Gasteiger partial charge in [-0.2, -0.15) is 26.3 Å². The number of amidine groups is 2. The first-order valence-corrected chi connectivity index (χ1v) is 10.8. The average Bonchev–Trinajstić information content (AvgIpc) is 3.27. The fourth-order valence-electron chi connectivity index (χ4n) is 4.94. The number of alkyl halides is 6. The lowest BCUT2D eigenvalue weighted by Gasteiger charge is -2.44. The SMILES string of the molecule is FC(F)(F)C1(C(F)(F)F)N=C(c2ccccc2)N(C2CCCC2)C(C2CCCCC2)=N1. The normalized spacial score (nSPS) is 23.6. The quantitative estimate of drug-likeness (QED) is 0.489. The fourth-order valence-corrected chi connectivity index (χ4v) is 4.94. The number of rotatable bonds is 3. The van der Waals surface area contributed by atoms with Crippen LogP contribution in [-0.2, 0) is 0 Å². The molecule has 170 valence electrons. The van der Waals surface area contributed by atoms with E-state index in [0.29, 0.717) is 25.7 Å². The summed E-state index contributed by atoms with van der Waals surface area (Å²) in [4.78, 5) is 8.51. The number of nitrogens with zero attached hydrogens (tertiary/aromatic N) is 3. The summed E-state index contributed by atoms with van der Waals surface area (Å²) < 4.78 is 84.4. The van der Waals surface area contributed by atoms with Crippen LogP contribution in [0.5, 0.6) is 0 Å². The van der Waals surface area contributed by atoms with E-state index in [1.165, 1.54) is 12.1 Å². The van der Waals surface area contributed by atoms with Gasteiger partial charge in [0.15, 0.2) is 0 Å². The van der Waals surface area contributed by atoms with Crippen LogP contribution < -0.4 is 0 Å². The van der Waals surface area contributed by atoms with E-state index < -0.39 is 23.9 Å². The molecule has 2 fully saturated rings. The second-order valence-electron chi connectivity index (χ2n) is 8.58. The van der Waals surface area contributed by atoms with E-state index in [1.807, 2.05) is 0 Å². The Morgan fingerprint density at radius 1 is 0.742 bits per heavy atom. The van der Waals surface area contributed by atoms with Crippen LogP contribution in [0.2, 0.25) is 0 Å². The summed E-state index contributed by atoms with van der Waals surface area (Å²) in [6.45, 7) is 0. The molecule has 0 bridgehead atoms. The van der Waals surface area contributed by atoms with Crippen LogP contribution in [0.15, 0.2) is 40.3 Å². The number of benzene rings is 1. The maximum absolute atomic E-state index is 14.1. The maximum Gasteiger partial charge on any atom is 0.443 e. The van der Waals surface area contributed by atoms with Gasteiger partial charge in [0.25, 0.3) is 0 Å². The molecule has 9 heteroatoms. The highest BCUT2D eigenvalue weighted by Gasteiger charge is 2.74. The van der Waals surface area contributed by atoms with Crippen LogP contribution in [0.1, 0.15) is 63.4 Å². The Kier molecular flexibility index (Phi) is 5.81. The van der Waals surface area contributed by atoms with E-state index in [4.69, 9.17) is 0 Å². The van der Waals surface area contributed by atoms with E-state index in [2.05, 4.69) is 9.98 Å². The molecular formula is C22H25F6N3. The van der Waals surface area contributed by atoms with Gasteiger partial charge in [-0.15, -0.1) is 0 Å². The summed E-state index contributed by atoms with van der Waals surface area (Å²) in [5.41, 5.74) is -4.23. The standard InChI is InChI=1S/C22H25F6N3/c23-21(24,25)20(22(26,27)28)29-18(15-9-3-1-4-10-15)31(17-13-7-8-14-17)19(30-20)16-11-5-2-6-12-16/h1,3-4,9-10,16-17H,2,5-8,11-14H2. The van der Waals surface area contributed by atoms with Gasteiger partial charge in [0.2, 0.25) is 0 Å². The molecule has 1 heterocycles. The smallest absolute Gasteiger partial charge is 0.311 e. The first kappa shape index (κ1) is 22.1. The zero-order chi connectivity index (χ0) is 22.3.